The number of aryl methyl sites for hydroxylation is 2. The van der Waals surface area contributed by atoms with Gasteiger partial charge in [0.25, 0.3) is 0 Å². The van der Waals surface area contributed by atoms with Crippen LogP contribution in [-0.4, -0.2) is 12.0 Å². The van der Waals surface area contributed by atoms with Crippen molar-refractivity contribution in [1.82, 2.24) is 10.3 Å². The SMILES string of the molecule is CNC(c1ccc(F)cn1)c1c(C)cc(C)cc1F. The second-order valence-corrected chi connectivity index (χ2v) is 4.60. The Morgan fingerprint density at radius 2 is 1.89 bits per heavy atom. The zero-order valence-electron chi connectivity index (χ0n) is 11.2. The predicted octanol–water partition coefficient (Wildman–Crippen LogP) is 3.29. The number of nitrogens with zero attached hydrogens (tertiary/aromatic N) is 1. The Balaban J connectivity index is 2.51. The first-order valence-corrected chi connectivity index (χ1v) is 6.08. The van der Waals surface area contributed by atoms with Gasteiger partial charge >= 0.3 is 0 Å². The minimum Gasteiger partial charge on any atom is -0.308 e. The predicted molar refractivity (Wildman–Crippen MR) is 71.0 cm³/mol. The molecule has 0 fully saturated rings. The normalized spacial score (nSPS) is 12.5. The molecule has 1 unspecified atom stereocenters. The van der Waals surface area contributed by atoms with Gasteiger partial charge in [-0.1, -0.05) is 6.07 Å². The van der Waals surface area contributed by atoms with Crippen molar-refractivity contribution in [2.24, 2.45) is 0 Å². The van der Waals surface area contributed by atoms with Crippen LogP contribution in [0, 0.1) is 25.5 Å². The Morgan fingerprint density at radius 1 is 1.16 bits per heavy atom. The maximum absolute atomic E-state index is 14.2. The Labute approximate surface area is 111 Å². The molecule has 0 aliphatic heterocycles. The summed E-state index contributed by atoms with van der Waals surface area (Å²) >= 11 is 0. The lowest BCUT2D eigenvalue weighted by Gasteiger charge is -2.19. The third-order valence-corrected chi connectivity index (χ3v) is 3.10. The first-order valence-electron chi connectivity index (χ1n) is 6.08. The van der Waals surface area contributed by atoms with Gasteiger partial charge in [0.15, 0.2) is 0 Å². The van der Waals surface area contributed by atoms with E-state index >= 15 is 0 Å². The summed E-state index contributed by atoms with van der Waals surface area (Å²) in [6, 6.07) is 5.92. The largest absolute Gasteiger partial charge is 0.308 e. The second kappa shape index (κ2) is 5.45. The molecule has 1 aromatic heterocycles. The summed E-state index contributed by atoms with van der Waals surface area (Å²) in [7, 11) is 1.73. The highest BCUT2D eigenvalue weighted by Gasteiger charge is 2.20. The molecule has 0 saturated carbocycles. The Bertz CT molecular complexity index is 556. The van der Waals surface area contributed by atoms with Crippen molar-refractivity contribution in [2.75, 3.05) is 7.05 Å². The van der Waals surface area contributed by atoms with E-state index in [1.807, 2.05) is 19.9 Å². The highest BCUT2D eigenvalue weighted by atomic mass is 19.1. The number of rotatable bonds is 3. The van der Waals surface area contributed by atoms with Gasteiger partial charge in [-0.3, -0.25) is 4.98 Å². The van der Waals surface area contributed by atoms with Crippen molar-refractivity contribution in [3.63, 3.8) is 0 Å². The number of aromatic nitrogens is 1. The van der Waals surface area contributed by atoms with Crippen LogP contribution in [0.1, 0.15) is 28.4 Å². The van der Waals surface area contributed by atoms with Crippen LogP contribution >= 0.6 is 0 Å². The molecule has 19 heavy (non-hydrogen) atoms. The molecule has 0 saturated heterocycles. The number of benzene rings is 1. The zero-order valence-corrected chi connectivity index (χ0v) is 11.2. The molecule has 1 heterocycles. The molecule has 2 rings (SSSR count). The molecular weight excluding hydrogens is 246 g/mol. The van der Waals surface area contributed by atoms with Gasteiger partial charge in [-0.15, -0.1) is 0 Å². The maximum atomic E-state index is 14.2. The Kier molecular flexibility index (Phi) is 3.90. The molecule has 1 atom stereocenters. The molecule has 100 valence electrons. The molecule has 4 heteroatoms. The van der Waals surface area contributed by atoms with Gasteiger partial charge in [0, 0.05) is 5.56 Å². The fourth-order valence-electron chi connectivity index (χ4n) is 2.29. The van der Waals surface area contributed by atoms with Crippen molar-refractivity contribution >= 4 is 0 Å². The van der Waals surface area contributed by atoms with Crippen molar-refractivity contribution < 1.29 is 8.78 Å². The average Bonchev–Trinajstić information content (AvgIpc) is 2.35. The summed E-state index contributed by atoms with van der Waals surface area (Å²) in [4.78, 5) is 4.03. The molecule has 1 aromatic carbocycles. The van der Waals surface area contributed by atoms with E-state index < -0.39 is 5.82 Å². The minimum atomic E-state index is -0.403. The number of hydrogen-bond donors (Lipinski definition) is 1. The van der Waals surface area contributed by atoms with Crippen LogP contribution in [0.3, 0.4) is 0 Å². The molecule has 2 nitrogen and oxygen atoms in total. The Morgan fingerprint density at radius 3 is 2.42 bits per heavy atom. The fourth-order valence-corrected chi connectivity index (χ4v) is 2.29. The summed E-state index contributed by atoms with van der Waals surface area (Å²) in [5, 5.41) is 3.03. The minimum absolute atomic E-state index is 0.275. The second-order valence-electron chi connectivity index (χ2n) is 4.60. The molecule has 0 amide bonds. The number of halogens is 2. The van der Waals surface area contributed by atoms with Crippen molar-refractivity contribution in [3.05, 3.63) is 64.5 Å². The Hall–Kier alpha value is -1.81. The number of nitrogens with one attached hydrogen (secondary N) is 1. The third-order valence-electron chi connectivity index (χ3n) is 3.10. The van der Waals surface area contributed by atoms with E-state index in [2.05, 4.69) is 10.3 Å². The smallest absolute Gasteiger partial charge is 0.141 e. The molecular formula is C15H16F2N2. The van der Waals surface area contributed by atoms with Crippen LogP contribution in [0.4, 0.5) is 8.78 Å². The molecule has 0 aliphatic rings. The summed E-state index contributed by atoms with van der Waals surface area (Å²) in [6.07, 6.45) is 1.14. The van der Waals surface area contributed by atoms with Crippen LogP contribution in [0.15, 0.2) is 30.5 Å². The van der Waals surface area contributed by atoms with Gasteiger partial charge in [0.05, 0.1) is 17.9 Å². The highest BCUT2D eigenvalue weighted by Crippen LogP contribution is 2.27. The van der Waals surface area contributed by atoms with Crippen molar-refractivity contribution in [3.8, 4) is 0 Å². The van der Waals surface area contributed by atoms with E-state index in [0.717, 1.165) is 17.3 Å². The van der Waals surface area contributed by atoms with Gasteiger partial charge in [-0.05, 0) is 50.2 Å². The third kappa shape index (κ3) is 2.79. The number of hydrogen-bond acceptors (Lipinski definition) is 2. The molecule has 1 N–H and O–H groups in total. The van der Waals surface area contributed by atoms with Crippen molar-refractivity contribution in [2.45, 2.75) is 19.9 Å². The first-order chi connectivity index (χ1) is 9.02. The average molecular weight is 262 g/mol. The summed E-state index contributed by atoms with van der Waals surface area (Å²) in [5.41, 5.74) is 2.87. The lowest BCUT2D eigenvalue weighted by molar-refractivity contribution is 0.562. The first kappa shape index (κ1) is 13.6. The fraction of sp³-hybridized carbons (Fsp3) is 0.267. The van der Waals surface area contributed by atoms with Crippen LogP contribution < -0.4 is 5.32 Å². The number of pyridine rings is 1. The van der Waals surface area contributed by atoms with Gasteiger partial charge in [-0.25, -0.2) is 8.78 Å². The van der Waals surface area contributed by atoms with E-state index in [9.17, 15) is 8.78 Å². The molecule has 0 bridgehead atoms. The van der Waals surface area contributed by atoms with Crippen LogP contribution in [0.2, 0.25) is 0 Å². The topological polar surface area (TPSA) is 24.9 Å². The summed E-state index contributed by atoms with van der Waals surface area (Å²) in [6.45, 7) is 3.71. The molecule has 0 spiro atoms. The van der Waals surface area contributed by atoms with E-state index in [0.29, 0.717) is 11.3 Å². The van der Waals surface area contributed by atoms with E-state index in [4.69, 9.17) is 0 Å². The standard InChI is InChI=1S/C15H16F2N2/c1-9-6-10(2)14(12(17)7-9)15(18-3)13-5-4-11(16)8-19-13/h4-8,15,18H,1-3H3. The molecule has 2 aromatic rings. The van der Waals surface area contributed by atoms with Gasteiger partial charge in [-0.2, -0.15) is 0 Å². The highest BCUT2D eigenvalue weighted by molar-refractivity contribution is 5.38. The van der Waals surface area contributed by atoms with E-state index in [1.165, 1.54) is 12.1 Å². The van der Waals surface area contributed by atoms with E-state index in [-0.39, 0.29) is 11.9 Å². The van der Waals surface area contributed by atoms with Gasteiger partial charge in [0.1, 0.15) is 11.6 Å². The zero-order chi connectivity index (χ0) is 14.0. The maximum Gasteiger partial charge on any atom is 0.141 e. The molecule has 0 aliphatic carbocycles. The van der Waals surface area contributed by atoms with E-state index in [1.54, 1.807) is 13.1 Å². The quantitative estimate of drug-likeness (QED) is 0.918. The van der Waals surface area contributed by atoms with Gasteiger partial charge in [0.2, 0.25) is 0 Å². The van der Waals surface area contributed by atoms with Crippen LogP contribution in [0.5, 0.6) is 0 Å². The monoisotopic (exact) mass is 262 g/mol. The van der Waals surface area contributed by atoms with Gasteiger partial charge < -0.3 is 5.32 Å². The summed E-state index contributed by atoms with van der Waals surface area (Å²) < 4.78 is 27.1. The van der Waals surface area contributed by atoms with Crippen molar-refractivity contribution in [1.29, 1.82) is 0 Å². The van der Waals surface area contributed by atoms with Crippen LogP contribution in [-0.2, 0) is 0 Å². The summed E-state index contributed by atoms with van der Waals surface area (Å²) in [5.74, 6) is -0.678. The lowest BCUT2D eigenvalue weighted by Crippen LogP contribution is -2.21. The van der Waals surface area contributed by atoms with Crippen LogP contribution in [0.25, 0.3) is 0 Å². The molecule has 0 radical (unpaired) electrons. The lowest BCUT2D eigenvalue weighted by atomic mass is 9.96.